The largest absolute Gasteiger partial charge is 0.284 e. The van der Waals surface area contributed by atoms with Crippen molar-refractivity contribution in [1.29, 1.82) is 0 Å². The Labute approximate surface area is 166 Å². The molecule has 0 radical (unpaired) electrons. The first-order chi connectivity index (χ1) is 13.2. The Bertz CT molecular complexity index is 846. The minimum absolute atomic E-state index is 0.0973. The molecule has 2 aromatic rings. The zero-order valence-electron chi connectivity index (χ0n) is 15.5. The van der Waals surface area contributed by atoms with Crippen LogP contribution in [0.4, 0.5) is 0 Å². The molecule has 0 fully saturated rings. The number of benzene rings is 2. The minimum atomic E-state index is 0.0973. The molecule has 27 heavy (non-hydrogen) atoms. The van der Waals surface area contributed by atoms with Crippen molar-refractivity contribution in [2.45, 2.75) is 44.6 Å². The number of hydrazine groups is 1. The molecule has 140 valence electrons. The quantitative estimate of drug-likeness (QED) is 0.814. The summed E-state index contributed by atoms with van der Waals surface area (Å²) in [6.45, 7) is 0.778. The lowest BCUT2D eigenvalue weighted by Gasteiger charge is -2.40. The molecule has 0 spiro atoms. The van der Waals surface area contributed by atoms with Gasteiger partial charge in [0.2, 0.25) is 0 Å². The monoisotopic (exact) mass is 380 g/mol. The first kappa shape index (κ1) is 18.3. The molecule has 0 saturated heterocycles. The van der Waals surface area contributed by atoms with Gasteiger partial charge in [-0.25, -0.2) is 5.01 Å². The third-order valence-electron chi connectivity index (χ3n) is 5.61. The van der Waals surface area contributed by atoms with E-state index in [9.17, 15) is 4.79 Å². The topological polar surface area (TPSA) is 32.3 Å². The van der Waals surface area contributed by atoms with Crippen molar-refractivity contribution in [2.75, 3.05) is 6.54 Å². The van der Waals surface area contributed by atoms with Crippen LogP contribution in [0.5, 0.6) is 0 Å². The van der Waals surface area contributed by atoms with Gasteiger partial charge in [-0.3, -0.25) is 10.2 Å². The Morgan fingerprint density at radius 1 is 1.00 bits per heavy atom. The van der Waals surface area contributed by atoms with Gasteiger partial charge in [-0.15, -0.1) is 0 Å². The number of halogens is 1. The van der Waals surface area contributed by atoms with Crippen molar-refractivity contribution in [2.24, 2.45) is 0 Å². The highest BCUT2D eigenvalue weighted by molar-refractivity contribution is 6.30. The summed E-state index contributed by atoms with van der Waals surface area (Å²) >= 11 is 6.13. The van der Waals surface area contributed by atoms with Crippen LogP contribution in [0.3, 0.4) is 0 Å². The van der Waals surface area contributed by atoms with Gasteiger partial charge in [0.25, 0.3) is 5.91 Å². The highest BCUT2D eigenvalue weighted by atomic mass is 35.5. The van der Waals surface area contributed by atoms with E-state index in [4.69, 9.17) is 11.6 Å². The molecule has 2 aliphatic rings. The van der Waals surface area contributed by atoms with Crippen LogP contribution in [0.15, 0.2) is 65.7 Å². The Morgan fingerprint density at radius 3 is 2.59 bits per heavy atom. The van der Waals surface area contributed by atoms with Crippen molar-refractivity contribution >= 4 is 17.5 Å². The molecule has 1 atom stereocenters. The van der Waals surface area contributed by atoms with Gasteiger partial charge in [-0.05, 0) is 67.4 Å². The number of carbonyl (C=O) groups excluding carboxylic acids is 1. The molecule has 4 rings (SSSR count). The third-order valence-corrected chi connectivity index (χ3v) is 5.85. The van der Waals surface area contributed by atoms with Crippen LogP contribution in [-0.4, -0.2) is 23.5 Å². The maximum absolute atomic E-state index is 12.7. The Hall–Kier alpha value is -2.10. The molecule has 0 aromatic heterocycles. The molecule has 3 nitrogen and oxygen atoms in total. The second-order valence-electron chi connectivity index (χ2n) is 7.43. The second kappa shape index (κ2) is 8.28. The summed E-state index contributed by atoms with van der Waals surface area (Å²) in [7, 11) is 0. The van der Waals surface area contributed by atoms with Crippen molar-refractivity contribution in [3.05, 3.63) is 81.9 Å². The van der Waals surface area contributed by atoms with E-state index in [1.807, 2.05) is 24.3 Å². The van der Waals surface area contributed by atoms with Gasteiger partial charge in [0.15, 0.2) is 0 Å². The van der Waals surface area contributed by atoms with Crippen molar-refractivity contribution in [1.82, 2.24) is 10.4 Å². The summed E-state index contributed by atoms with van der Waals surface area (Å²) in [5.41, 5.74) is 8.05. The average molecular weight is 381 g/mol. The zero-order chi connectivity index (χ0) is 18.6. The maximum Gasteiger partial charge on any atom is 0.261 e. The first-order valence-electron chi connectivity index (χ1n) is 9.78. The summed E-state index contributed by atoms with van der Waals surface area (Å²) < 4.78 is 0. The van der Waals surface area contributed by atoms with Crippen LogP contribution in [0.25, 0.3) is 0 Å². The standard InChI is InChI=1S/C23H25ClN2O/c24-19-10-6-9-18(15-19)13-14-26-22(16-17-7-2-1-3-8-17)20-11-4-5-12-21(20)23(27)25-26/h1-3,6-10,15,22H,4-5,11-14,16H2,(H,25,27). The summed E-state index contributed by atoms with van der Waals surface area (Å²) in [5.74, 6) is 0.0973. The van der Waals surface area contributed by atoms with E-state index in [1.54, 1.807) is 0 Å². The Kier molecular flexibility index (Phi) is 5.61. The van der Waals surface area contributed by atoms with E-state index in [2.05, 4.69) is 40.8 Å². The molecule has 1 aliphatic carbocycles. The van der Waals surface area contributed by atoms with E-state index in [-0.39, 0.29) is 11.9 Å². The van der Waals surface area contributed by atoms with Crippen molar-refractivity contribution in [3.8, 4) is 0 Å². The van der Waals surface area contributed by atoms with Gasteiger partial charge in [-0.1, -0.05) is 54.1 Å². The molecule has 4 heteroatoms. The number of hydrogen-bond acceptors (Lipinski definition) is 2. The molecular weight excluding hydrogens is 356 g/mol. The molecule has 1 aliphatic heterocycles. The van der Waals surface area contributed by atoms with Gasteiger partial charge >= 0.3 is 0 Å². The van der Waals surface area contributed by atoms with Crippen molar-refractivity contribution < 1.29 is 4.79 Å². The van der Waals surface area contributed by atoms with E-state index in [0.29, 0.717) is 0 Å². The predicted molar refractivity (Wildman–Crippen MR) is 109 cm³/mol. The molecule has 1 unspecified atom stereocenters. The summed E-state index contributed by atoms with van der Waals surface area (Å²) in [6, 6.07) is 18.8. The van der Waals surface area contributed by atoms with Gasteiger partial charge in [0.1, 0.15) is 0 Å². The van der Waals surface area contributed by atoms with Crippen LogP contribution in [0, 0.1) is 0 Å². The maximum atomic E-state index is 12.7. The number of nitrogens with zero attached hydrogens (tertiary/aromatic N) is 1. The van der Waals surface area contributed by atoms with Crippen LogP contribution in [-0.2, 0) is 17.6 Å². The lowest BCUT2D eigenvalue weighted by atomic mass is 9.83. The molecular formula is C23H25ClN2O. The van der Waals surface area contributed by atoms with Gasteiger partial charge in [0, 0.05) is 17.1 Å². The molecule has 0 bridgehead atoms. The van der Waals surface area contributed by atoms with Gasteiger partial charge in [0.05, 0.1) is 6.04 Å². The lowest BCUT2D eigenvalue weighted by Crippen LogP contribution is -2.55. The minimum Gasteiger partial charge on any atom is -0.284 e. The third kappa shape index (κ3) is 4.26. The van der Waals surface area contributed by atoms with E-state index in [1.165, 1.54) is 23.1 Å². The number of hydrogen-bond donors (Lipinski definition) is 1. The van der Waals surface area contributed by atoms with Crippen LogP contribution in [0.2, 0.25) is 5.02 Å². The zero-order valence-corrected chi connectivity index (χ0v) is 16.2. The predicted octanol–water partition coefficient (Wildman–Crippen LogP) is 4.71. The van der Waals surface area contributed by atoms with E-state index in [0.717, 1.165) is 49.2 Å². The normalized spacial score (nSPS) is 20.3. The molecule has 0 saturated carbocycles. The number of amides is 1. The summed E-state index contributed by atoms with van der Waals surface area (Å²) in [6.07, 6.45) is 6.03. The Morgan fingerprint density at radius 2 is 1.78 bits per heavy atom. The molecule has 1 amide bonds. The molecule has 2 aromatic carbocycles. The number of rotatable bonds is 5. The van der Waals surface area contributed by atoms with Crippen LogP contribution >= 0.6 is 11.6 Å². The van der Waals surface area contributed by atoms with Crippen molar-refractivity contribution in [3.63, 3.8) is 0 Å². The average Bonchev–Trinajstić information content (AvgIpc) is 2.70. The van der Waals surface area contributed by atoms with Crippen LogP contribution < -0.4 is 5.43 Å². The SMILES string of the molecule is O=C1NN(CCc2cccc(Cl)c2)C(Cc2ccccc2)C2=C1CCCC2. The van der Waals surface area contributed by atoms with Crippen LogP contribution in [0.1, 0.15) is 36.8 Å². The highest BCUT2D eigenvalue weighted by Gasteiger charge is 2.34. The number of carbonyl (C=O) groups is 1. The van der Waals surface area contributed by atoms with Gasteiger partial charge < -0.3 is 0 Å². The summed E-state index contributed by atoms with van der Waals surface area (Å²) in [5, 5.41) is 2.91. The van der Waals surface area contributed by atoms with E-state index >= 15 is 0 Å². The fraction of sp³-hybridized carbons (Fsp3) is 0.348. The fourth-order valence-corrected chi connectivity index (χ4v) is 4.46. The molecule has 1 N–H and O–H groups in total. The fourth-order valence-electron chi connectivity index (χ4n) is 4.24. The highest BCUT2D eigenvalue weighted by Crippen LogP contribution is 2.33. The first-order valence-corrected chi connectivity index (χ1v) is 10.2. The second-order valence-corrected chi connectivity index (χ2v) is 7.87. The summed E-state index contributed by atoms with van der Waals surface area (Å²) in [4.78, 5) is 12.7. The number of nitrogens with one attached hydrogen (secondary N) is 1. The lowest BCUT2D eigenvalue weighted by molar-refractivity contribution is -0.124. The van der Waals surface area contributed by atoms with E-state index < -0.39 is 0 Å². The van der Waals surface area contributed by atoms with Gasteiger partial charge in [-0.2, -0.15) is 0 Å². The smallest absolute Gasteiger partial charge is 0.261 e. The molecule has 1 heterocycles. The Balaban J connectivity index is 1.58.